The van der Waals surface area contributed by atoms with Gasteiger partial charge < -0.3 is 20.2 Å². The van der Waals surface area contributed by atoms with Gasteiger partial charge in [-0.05, 0) is 49.1 Å². The lowest BCUT2D eigenvalue weighted by atomic mass is 10.1. The largest absolute Gasteiger partial charge is 0.490 e. The SMILES string of the molecule is Cc1ccc(S(=O)(=O)Nc2cc(C(=O)N(CC(C)C)CC(C)C)ccc2N2CCNCC2)cc1.O=C(O)C(F)(F)F. The average molecular weight is 601 g/mol. The predicted molar refractivity (Wildman–Crippen MR) is 153 cm³/mol. The van der Waals surface area contributed by atoms with Crippen LogP contribution >= 0.6 is 0 Å². The van der Waals surface area contributed by atoms with Gasteiger partial charge >= 0.3 is 12.1 Å². The molecule has 2 aromatic carbocycles. The van der Waals surface area contributed by atoms with E-state index in [0.29, 0.717) is 36.2 Å². The minimum Gasteiger partial charge on any atom is -0.475 e. The number of nitrogens with zero attached hydrogens (tertiary/aromatic N) is 2. The average Bonchev–Trinajstić information content (AvgIpc) is 2.87. The van der Waals surface area contributed by atoms with Crippen molar-refractivity contribution in [3.05, 3.63) is 53.6 Å². The Morgan fingerprint density at radius 1 is 1.00 bits per heavy atom. The standard InChI is InChI=1S/C26H38N4O3S.C2HF3O2/c1-19(2)17-30(18-20(3)4)26(31)22-8-11-25(29-14-12-27-13-15-29)24(16-22)28-34(32,33)23-9-6-21(5)7-10-23;3-2(4,5)1(6)7/h6-11,16,19-20,27-28H,12-15,17-18H2,1-5H3;(H,6,7). The lowest BCUT2D eigenvalue weighted by Gasteiger charge is -2.32. The van der Waals surface area contributed by atoms with E-state index in [2.05, 4.69) is 42.6 Å². The van der Waals surface area contributed by atoms with E-state index in [9.17, 15) is 26.4 Å². The fourth-order valence-corrected chi connectivity index (χ4v) is 5.22. The molecular formula is C28H39F3N4O5S. The number of piperazine rings is 1. The lowest BCUT2D eigenvalue weighted by Crippen LogP contribution is -2.44. The number of carbonyl (C=O) groups is 2. The molecule has 3 N–H and O–H groups in total. The molecule has 0 bridgehead atoms. The summed E-state index contributed by atoms with van der Waals surface area (Å²) in [6, 6.07) is 12.1. The highest BCUT2D eigenvalue weighted by Crippen LogP contribution is 2.31. The summed E-state index contributed by atoms with van der Waals surface area (Å²) in [5.74, 6) is -2.16. The summed E-state index contributed by atoms with van der Waals surface area (Å²) < 4.78 is 60.9. The molecule has 41 heavy (non-hydrogen) atoms. The van der Waals surface area contributed by atoms with Crippen molar-refractivity contribution in [1.82, 2.24) is 10.2 Å². The van der Waals surface area contributed by atoms with Gasteiger partial charge in [-0.25, -0.2) is 13.2 Å². The van der Waals surface area contributed by atoms with E-state index in [1.807, 2.05) is 24.0 Å². The molecule has 1 saturated heterocycles. The number of benzene rings is 2. The van der Waals surface area contributed by atoms with Gasteiger partial charge in [0.2, 0.25) is 0 Å². The number of aliphatic carboxylic acids is 1. The summed E-state index contributed by atoms with van der Waals surface area (Å²) in [7, 11) is -3.81. The Morgan fingerprint density at radius 3 is 1.98 bits per heavy atom. The Hall–Kier alpha value is -3.32. The molecule has 0 saturated carbocycles. The van der Waals surface area contributed by atoms with Gasteiger partial charge in [0, 0.05) is 44.8 Å². The number of carbonyl (C=O) groups excluding carboxylic acids is 1. The van der Waals surface area contributed by atoms with Crippen molar-refractivity contribution >= 4 is 33.3 Å². The first-order valence-corrected chi connectivity index (χ1v) is 14.8. The number of hydrogen-bond donors (Lipinski definition) is 3. The van der Waals surface area contributed by atoms with E-state index in [0.717, 1.165) is 37.4 Å². The van der Waals surface area contributed by atoms with Crippen LogP contribution in [0.2, 0.25) is 0 Å². The van der Waals surface area contributed by atoms with Crippen molar-refractivity contribution in [2.75, 3.05) is 48.9 Å². The topological polar surface area (TPSA) is 119 Å². The molecule has 1 aliphatic rings. The number of nitrogens with one attached hydrogen (secondary N) is 2. The van der Waals surface area contributed by atoms with Crippen LogP contribution in [0.15, 0.2) is 47.4 Å². The zero-order valence-electron chi connectivity index (χ0n) is 24.0. The summed E-state index contributed by atoms with van der Waals surface area (Å²) in [4.78, 5) is 26.6. The van der Waals surface area contributed by atoms with Gasteiger partial charge in [-0.15, -0.1) is 0 Å². The first-order chi connectivity index (χ1) is 19.0. The van der Waals surface area contributed by atoms with E-state index >= 15 is 0 Å². The second-order valence-corrected chi connectivity index (χ2v) is 12.4. The fraction of sp³-hybridized carbons (Fsp3) is 0.500. The highest BCUT2D eigenvalue weighted by atomic mass is 32.2. The van der Waals surface area contributed by atoms with E-state index < -0.39 is 22.2 Å². The number of carboxylic acids is 1. The first kappa shape index (κ1) is 33.9. The third-order valence-electron chi connectivity index (χ3n) is 5.98. The molecule has 0 spiro atoms. The predicted octanol–water partition coefficient (Wildman–Crippen LogP) is 4.59. The van der Waals surface area contributed by atoms with E-state index in [4.69, 9.17) is 9.90 Å². The van der Waals surface area contributed by atoms with Crippen LogP contribution in [0, 0.1) is 18.8 Å². The molecule has 0 atom stereocenters. The van der Waals surface area contributed by atoms with E-state index in [-0.39, 0.29) is 10.8 Å². The molecule has 0 aromatic heterocycles. The molecule has 1 amide bonds. The lowest BCUT2D eigenvalue weighted by molar-refractivity contribution is -0.192. The van der Waals surface area contributed by atoms with Gasteiger partial charge in [-0.1, -0.05) is 45.4 Å². The maximum Gasteiger partial charge on any atom is 0.490 e. The van der Waals surface area contributed by atoms with Crippen molar-refractivity contribution < 1.29 is 36.3 Å². The van der Waals surface area contributed by atoms with Crippen molar-refractivity contribution in [3.8, 4) is 0 Å². The number of aryl methyl sites for hydroxylation is 1. The summed E-state index contributed by atoms with van der Waals surface area (Å²) >= 11 is 0. The number of rotatable bonds is 9. The summed E-state index contributed by atoms with van der Waals surface area (Å²) in [6.45, 7) is 14.8. The molecule has 0 aliphatic carbocycles. The Kier molecular flexibility index (Phi) is 12.0. The second-order valence-electron chi connectivity index (χ2n) is 10.7. The number of halogens is 3. The Labute approximate surface area is 239 Å². The first-order valence-electron chi connectivity index (χ1n) is 13.3. The van der Waals surface area contributed by atoms with Gasteiger partial charge in [0.15, 0.2) is 0 Å². The van der Waals surface area contributed by atoms with Gasteiger partial charge in [0.05, 0.1) is 16.3 Å². The van der Waals surface area contributed by atoms with Crippen LogP contribution in [0.1, 0.15) is 43.6 Å². The highest BCUT2D eigenvalue weighted by Gasteiger charge is 2.38. The minimum atomic E-state index is -5.08. The molecule has 2 aromatic rings. The third-order valence-corrected chi connectivity index (χ3v) is 7.36. The molecule has 9 nitrogen and oxygen atoms in total. The van der Waals surface area contributed by atoms with Crippen molar-refractivity contribution in [2.45, 2.75) is 45.7 Å². The number of hydrogen-bond acceptors (Lipinski definition) is 6. The molecule has 13 heteroatoms. The molecule has 3 rings (SSSR count). The van der Waals surface area contributed by atoms with Crippen LogP contribution in [-0.4, -0.2) is 75.7 Å². The van der Waals surface area contributed by atoms with Crippen LogP contribution < -0.4 is 14.9 Å². The Bertz CT molecular complexity index is 1270. The maximum absolute atomic E-state index is 13.5. The normalized spacial score (nSPS) is 14.0. The van der Waals surface area contributed by atoms with Gasteiger partial charge in [0.25, 0.3) is 15.9 Å². The highest BCUT2D eigenvalue weighted by molar-refractivity contribution is 7.92. The number of alkyl halides is 3. The van der Waals surface area contributed by atoms with Gasteiger partial charge in [-0.3, -0.25) is 9.52 Å². The van der Waals surface area contributed by atoms with Crippen LogP contribution in [0.4, 0.5) is 24.5 Å². The number of carboxylic acid groups (broad SMARTS) is 1. The molecular weight excluding hydrogens is 561 g/mol. The zero-order chi connectivity index (χ0) is 31.0. The Morgan fingerprint density at radius 2 is 1.51 bits per heavy atom. The molecule has 1 fully saturated rings. The second kappa shape index (κ2) is 14.5. The van der Waals surface area contributed by atoms with Gasteiger partial charge in [-0.2, -0.15) is 13.2 Å². The quantitative estimate of drug-likeness (QED) is 0.385. The molecule has 0 radical (unpaired) electrons. The summed E-state index contributed by atoms with van der Waals surface area (Å²) in [5, 5.41) is 10.4. The van der Waals surface area contributed by atoms with E-state index in [1.54, 1.807) is 30.3 Å². The molecule has 1 heterocycles. The molecule has 228 valence electrons. The van der Waals surface area contributed by atoms with Crippen molar-refractivity contribution in [3.63, 3.8) is 0 Å². The van der Waals surface area contributed by atoms with Crippen LogP contribution in [-0.2, 0) is 14.8 Å². The zero-order valence-corrected chi connectivity index (χ0v) is 24.8. The monoisotopic (exact) mass is 600 g/mol. The van der Waals surface area contributed by atoms with Crippen molar-refractivity contribution in [1.29, 1.82) is 0 Å². The molecule has 0 unspecified atom stereocenters. The van der Waals surface area contributed by atoms with Crippen LogP contribution in [0.5, 0.6) is 0 Å². The number of amides is 1. The van der Waals surface area contributed by atoms with Crippen LogP contribution in [0.25, 0.3) is 0 Å². The van der Waals surface area contributed by atoms with Crippen molar-refractivity contribution in [2.24, 2.45) is 11.8 Å². The maximum atomic E-state index is 13.5. The fourth-order valence-electron chi connectivity index (χ4n) is 4.16. The van der Waals surface area contributed by atoms with Crippen LogP contribution in [0.3, 0.4) is 0 Å². The number of anilines is 2. The van der Waals surface area contributed by atoms with Gasteiger partial charge in [0.1, 0.15) is 0 Å². The third kappa shape index (κ3) is 10.5. The summed E-state index contributed by atoms with van der Waals surface area (Å²) in [5.41, 5.74) is 2.70. The number of sulfonamides is 1. The summed E-state index contributed by atoms with van der Waals surface area (Å²) in [6.07, 6.45) is -5.08. The smallest absolute Gasteiger partial charge is 0.475 e. The minimum absolute atomic E-state index is 0.0787. The Balaban J connectivity index is 0.000000745. The molecule has 1 aliphatic heterocycles. The van der Waals surface area contributed by atoms with E-state index in [1.165, 1.54) is 0 Å².